The van der Waals surface area contributed by atoms with E-state index in [4.69, 9.17) is 17.3 Å². The lowest BCUT2D eigenvalue weighted by Gasteiger charge is -2.17. The second kappa shape index (κ2) is 11.8. The summed E-state index contributed by atoms with van der Waals surface area (Å²) in [6, 6.07) is 21.9. The highest BCUT2D eigenvalue weighted by atomic mass is 35.5. The molecule has 0 radical (unpaired) electrons. The van der Waals surface area contributed by atoms with Gasteiger partial charge < -0.3 is 5.73 Å². The van der Waals surface area contributed by atoms with Crippen LogP contribution in [-0.4, -0.2) is 41.2 Å². The van der Waals surface area contributed by atoms with Crippen molar-refractivity contribution in [2.24, 2.45) is 0 Å². The number of sulfonamides is 1. The SMILES string of the molecule is CCc1nc2cccc(Cl)c2c(=O)n1-c1ccccc1.Cc1ncc(-c2cccc(N(C)S(C)(=O)=O)c2)c(N)n1. The van der Waals surface area contributed by atoms with Crippen LogP contribution in [0.15, 0.2) is 83.8 Å². The van der Waals surface area contributed by atoms with E-state index in [0.717, 1.165) is 23.3 Å². The highest BCUT2D eigenvalue weighted by Gasteiger charge is 2.14. The van der Waals surface area contributed by atoms with E-state index in [0.29, 0.717) is 45.2 Å². The van der Waals surface area contributed by atoms with Gasteiger partial charge in [-0.15, -0.1) is 0 Å². The monoisotopic (exact) mass is 576 g/mol. The molecule has 2 N–H and O–H groups in total. The van der Waals surface area contributed by atoms with E-state index in [2.05, 4.69) is 15.0 Å². The minimum absolute atomic E-state index is 0.122. The number of nitrogen functional groups attached to an aromatic ring is 1. The van der Waals surface area contributed by atoms with Crippen LogP contribution in [0.2, 0.25) is 5.02 Å². The van der Waals surface area contributed by atoms with Crippen molar-refractivity contribution in [1.29, 1.82) is 0 Å². The molecule has 0 amide bonds. The van der Waals surface area contributed by atoms with E-state index in [1.165, 1.54) is 11.4 Å². The number of hydrogen-bond acceptors (Lipinski definition) is 7. The number of halogens is 1. The topological polar surface area (TPSA) is 124 Å². The van der Waals surface area contributed by atoms with Crippen molar-refractivity contribution < 1.29 is 8.42 Å². The number of rotatable bonds is 5. The highest BCUT2D eigenvalue weighted by Crippen LogP contribution is 2.28. The summed E-state index contributed by atoms with van der Waals surface area (Å²) in [5.74, 6) is 1.70. The molecule has 11 heteroatoms. The van der Waals surface area contributed by atoms with Gasteiger partial charge in [0, 0.05) is 25.2 Å². The predicted octanol–water partition coefficient (Wildman–Crippen LogP) is 5.03. The number of anilines is 2. The molecule has 0 atom stereocenters. The fourth-order valence-corrected chi connectivity index (χ4v) is 4.83. The summed E-state index contributed by atoms with van der Waals surface area (Å²) in [4.78, 5) is 25.6. The average molecular weight is 577 g/mol. The number of nitrogens with zero attached hydrogens (tertiary/aromatic N) is 5. The number of nitrogens with two attached hydrogens (primary N) is 1. The minimum Gasteiger partial charge on any atom is -0.383 e. The van der Waals surface area contributed by atoms with Gasteiger partial charge in [0.1, 0.15) is 17.5 Å². The van der Waals surface area contributed by atoms with Gasteiger partial charge in [0.2, 0.25) is 10.0 Å². The fourth-order valence-electron chi connectivity index (χ4n) is 4.09. The predicted molar refractivity (Wildman–Crippen MR) is 162 cm³/mol. The highest BCUT2D eigenvalue weighted by molar-refractivity contribution is 7.92. The molecule has 0 fully saturated rings. The van der Waals surface area contributed by atoms with Gasteiger partial charge in [-0.3, -0.25) is 13.7 Å². The Morgan fingerprint density at radius 1 is 1.00 bits per heavy atom. The maximum Gasteiger partial charge on any atom is 0.267 e. The lowest BCUT2D eigenvalue weighted by atomic mass is 10.1. The lowest BCUT2D eigenvalue weighted by molar-refractivity contribution is 0.600. The molecule has 0 unspecified atom stereocenters. The van der Waals surface area contributed by atoms with Crippen LogP contribution in [0, 0.1) is 6.92 Å². The summed E-state index contributed by atoms with van der Waals surface area (Å²) < 4.78 is 26.0. The molecule has 0 bridgehead atoms. The fraction of sp³-hybridized carbons (Fsp3) is 0.172. The van der Waals surface area contributed by atoms with Crippen molar-refractivity contribution in [3.63, 3.8) is 0 Å². The third-order valence-electron chi connectivity index (χ3n) is 6.20. The Morgan fingerprint density at radius 3 is 2.35 bits per heavy atom. The van der Waals surface area contributed by atoms with Crippen LogP contribution >= 0.6 is 11.6 Å². The van der Waals surface area contributed by atoms with Crippen LogP contribution in [0.3, 0.4) is 0 Å². The first kappa shape index (κ1) is 28.7. The van der Waals surface area contributed by atoms with E-state index < -0.39 is 10.0 Å². The Kier molecular flexibility index (Phi) is 8.51. The van der Waals surface area contributed by atoms with Crippen molar-refractivity contribution >= 4 is 44.0 Å². The first-order valence-electron chi connectivity index (χ1n) is 12.4. The Hall–Kier alpha value is -4.28. The van der Waals surface area contributed by atoms with Gasteiger partial charge in [0.05, 0.1) is 33.6 Å². The van der Waals surface area contributed by atoms with Crippen molar-refractivity contribution in [2.45, 2.75) is 20.3 Å². The van der Waals surface area contributed by atoms with E-state index in [1.54, 1.807) is 42.0 Å². The molecule has 0 aliphatic heterocycles. The van der Waals surface area contributed by atoms with E-state index >= 15 is 0 Å². The van der Waals surface area contributed by atoms with Gasteiger partial charge in [0.25, 0.3) is 5.56 Å². The first-order chi connectivity index (χ1) is 19.0. The summed E-state index contributed by atoms with van der Waals surface area (Å²) in [6.45, 7) is 3.74. The molecule has 0 aliphatic carbocycles. The third kappa shape index (κ3) is 6.13. The minimum atomic E-state index is -3.30. The number of benzene rings is 3. The Morgan fingerprint density at radius 2 is 1.70 bits per heavy atom. The largest absolute Gasteiger partial charge is 0.383 e. The second-order valence-corrected chi connectivity index (χ2v) is 11.4. The number of hydrogen-bond donors (Lipinski definition) is 1. The zero-order valence-corrected chi connectivity index (χ0v) is 24.1. The number of aryl methyl sites for hydroxylation is 2. The molecule has 5 aromatic rings. The summed E-state index contributed by atoms with van der Waals surface area (Å²) in [7, 11) is -1.80. The standard InChI is InChI=1S/C16H13ClN2O.C13H16N4O2S/c1-2-14-18-13-10-6-9-12(17)15(13)16(20)19(14)11-7-4-3-5-8-11;1-9-15-8-12(13(14)16-9)10-5-4-6-11(7-10)17(2)20(3,18)19/h3-10H,2H2,1H3;4-8H,1-3H3,(H2,14,15,16). The van der Waals surface area contributed by atoms with E-state index in [-0.39, 0.29) is 5.56 Å². The number of aromatic nitrogens is 4. The van der Waals surface area contributed by atoms with Gasteiger partial charge in [-0.2, -0.15) is 0 Å². The third-order valence-corrected chi connectivity index (χ3v) is 7.72. The first-order valence-corrected chi connectivity index (χ1v) is 14.6. The molecule has 0 spiro atoms. The van der Waals surface area contributed by atoms with Gasteiger partial charge in [-0.25, -0.2) is 23.4 Å². The Balaban J connectivity index is 0.000000185. The Labute approximate surface area is 238 Å². The summed E-state index contributed by atoms with van der Waals surface area (Å²) in [6.07, 6.45) is 3.47. The van der Waals surface area contributed by atoms with Crippen molar-refractivity contribution in [3.05, 3.63) is 106 Å². The van der Waals surface area contributed by atoms with Gasteiger partial charge in [-0.1, -0.05) is 54.9 Å². The molecular weight excluding hydrogens is 548 g/mol. The zero-order chi connectivity index (χ0) is 29.0. The molecular formula is C29H29ClN6O3S. The van der Waals surface area contributed by atoms with E-state index in [9.17, 15) is 13.2 Å². The molecule has 5 rings (SSSR count). The molecule has 206 valence electrons. The molecule has 3 aromatic carbocycles. The maximum absolute atomic E-state index is 12.8. The normalized spacial score (nSPS) is 11.1. The molecule has 9 nitrogen and oxygen atoms in total. The average Bonchev–Trinajstić information content (AvgIpc) is 2.93. The van der Waals surface area contributed by atoms with Crippen LogP contribution in [-0.2, 0) is 16.4 Å². The Bertz CT molecular complexity index is 1840. The summed E-state index contributed by atoms with van der Waals surface area (Å²) in [5.41, 5.74) is 9.23. The molecule has 0 aliphatic rings. The summed E-state index contributed by atoms with van der Waals surface area (Å²) >= 11 is 6.16. The van der Waals surface area contributed by atoms with Gasteiger partial charge in [0.15, 0.2) is 0 Å². The van der Waals surface area contributed by atoms with Crippen LogP contribution in [0.1, 0.15) is 18.6 Å². The quantitative estimate of drug-likeness (QED) is 0.311. The molecule has 2 aromatic heterocycles. The summed E-state index contributed by atoms with van der Waals surface area (Å²) in [5, 5.41) is 0.905. The van der Waals surface area contributed by atoms with Crippen molar-refractivity contribution in [2.75, 3.05) is 23.3 Å². The van der Waals surface area contributed by atoms with Crippen LogP contribution in [0.5, 0.6) is 0 Å². The number of fused-ring (bicyclic) bond motifs is 1. The lowest BCUT2D eigenvalue weighted by Crippen LogP contribution is -2.24. The number of para-hydroxylation sites is 1. The van der Waals surface area contributed by atoms with Crippen LogP contribution in [0.25, 0.3) is 27.7 Å². The van der Waals surface area contributed by atoms with Crippen molar-refractivity contribution in [3.8, 4) is 16.8 Å². The molecule has 40 heavy (non-hydrogen) atoms. The van der Waals surface area contributed by atoms with Crippen LogP contribution < -0.4 is 15.6 Å². The molecule has 0 saturated carbocycles. The van der Waals surface area contributed by atoms with Gasteiger partial charge >= 0.3 is 0 Å². The maximum atomic E-state index is 12.8. The van der Waals surface area contributed by atoms with Crippen molar-refractivity contribution in [1.82, 2.24) is 19.5 Å². The smallest absolute Gasteiger partial charge is 0.267 e. The second-order valence-electron chi connectivity index (χ2n) is 8.99. The van der Waals surface area contributed by atoms with E-state index in [1.807, 2.05) is 55.5 Å². The van der Waals surface area contributed by atoms with Crippen LogP contribution in [0.4, 0.5) is 11.5 Å². The van der Waals surface area contributed by atoms with Gasteiger partial charge in [-0.05, 0) is 48.9 Å². The zero-order valence-electron chi connectivity index (χ0n) is 22.5. The molecule has 2 heterocycles. The molecule has 0 saturated heterocycles.